The van der Waals surface area contributed by atoms with E-state index in [1.54, 1.807) is 6.92 Å². The lowest BCUT2D eigenvalue weighted by atomic mass is 10.1. The van der Waals surface area contributed by atoms with Gasteiger partial charge in [-0.25, -0.2) is 4.79 Å². The standard InChI is InChI=1S/C13H24NO5PS/c1-3-5-6-7-8-11-12(20(17,18)19-4-2)14-10(9-21-11)13(15)16/h10,14H,3-9H2,1-2H3,(H,15,16)(H,17,18)/t10-/m0/s1. The van der Waals surface area contributed by atoms with Gasteiger partial charge in [0.05, 0.1) is 6.61 Å². The highest BCUT2D eigenvalue weighted by atomic mass is 32.2. The minimum Gasteiger partial charge on any atom is -0.480 e. The quantitative estimate of drug-likeness (QED) is 0.439. The summed E-state index contributed by atoms with van der Waals surface area (Å²) in [6, 6.07) is -0.856. The molecule has 3 N–H and O–H groups in total. The molecule has 1 rings (SSSR count). The van der Waals surface area contributed by atoms with Crippen LogP contribution in [0, 0.1) is 0 Å². The maximum atomic E-state index is 12.2. The minimum atomic E-state index is -3.97. The van der Waals surface area contributed by atoms with Crippen LogP contribution in [0.2, 0.25) is 0 Å². The van der Waals surface area contributed by atoms with Crippen LogP contribution in [0.3, 0.4) is 0 Å². The van der Waals surface area contributed by atoms with Crippen molar-refractivity contribution in [2.75, 3.05) is 12.4 Å². The monoisotopic (exact) mass is 337 g/mol. The highest BCUT2D eigenvalue weighted by Crippen LogP contribution is 2.54. The molecule has 0 bridgehead atoms. The van der Waals surface area contributed by atoms with Crippen molar-refractivity contribution < 1.29 is 23.9 Å². The van der Waals surface area contributed by atoms with E-state index in [-0.39, 0.29) is 12.0 Å². The summed E-state index contributed by atoms with van der Waals surface area (Å²) in [4.78, 5) is 21.9. The van der Waals surface area contributed by atoms with Gasteiger partial charge in [0.25, 0.3) is 0 Å². The van der Waals surface area contributed by atoms with Gasteiger partial charge in [-0.2, -0.15) is 0 Å². The summed E-state index contributed by atoms with van der Waals surface area (Å²) in [6.07, 6.45) is 4.90. The topological polar surface area (TPSA) is 95.9 Å². The van der Waals surface area contributed by atoms with Crippen LogP contribution >= 0.6 is 19.4 Å². The average Bonchev–Trinajstić information content (AvgIpc) is 2.43. The van der Waals surface area contributed by atoms with E-state index in [1.807, 2.05) is 0 Å². The van der Waals surface area contributed by atoms with E-state index in [0.717, 1.165) is 30.6 Å². The predicted octanol–water partition coefficient (Wildman–Crippen LogP) is 3.14. The molecule has 122 valence electrons. The normalized spacial score (nSPS) is 21.8. The highest BCUT2D eigenvalue weighted by Gasteiger charge is 2.36. The van der Waals surface area contributed by atoms with Gasteiger partial charge in [-0.3, -0.25) is 4.57 Å². The zero-order chi connectivity index (χ0) is 15.9. The van der Waals surface area contributed by atoms with Gasteiger partial charge in [-0.15, -0.1) is 11.8 Å². The number of carboxylic acid groups (broad SMARTS) is 1. The van der Waals surface area contributed by atoms with Crippen LogP contribution in [0.15, 0.2) is 10.3 Å². The molecule has 1 aliphatic heterocycles. The lowest BCUT2D eigenvalue weighted by Gasteiger charge is -2.28. The maximum Gasteiger partial charge on any atom is 0.375 e. The average molecular weight is 337 g/mol. The van der Waals surface area contributed by atoms with Crippen molar-refractivity contribution in [2.45, 2.75) is 52.0 Å². The Morgan fingerprint density at radius 2 is 2.14 bits per heavy atom. The van der Waals surface area contributed by atoms with E-state index >= 15 is 0 Å². The number of aliphatic carboxylic acids is 1. The second kappa shape index (κ2) is 8.83. The summed E-state index contributed by atoms with van der Waals surface area (Å²) in [6.45, 7) is 3.86. The first-order chi connectivity index (χ1) is 9.92. The molecule has 8 heteroatoms. The smallest absolute Gasteiger partial charge is 0.375 e. The Hall–Kier alpha value is -0.490. The number of thioether (sulfide) groups is 1. The Bertz CT molecular complexity index is 440. The molecule has 0 amide bonds. The maximum absolute atomic E-state index is 12.2. The van der Waals surface area contributed by atoms with E-state index in [4.69, 9.17) is 9.63 Å². The van der Waals surface area contributed by atoms with Crippen molar-refractivity contribution in [1.82, 2.24) is 5.32 Å². The van der Waals surface area contributed by atoms with E-state index < -0.39 is 19.6 Å². The first kappa shape index (κ1) is 18.6. The Morgan fingerprint density at radius 3 is 2.71 bits per heavy atom. The molecule has 2 atom stereocenters. The van der Waals surface area contributed by atoms with E-state index in [1.165, 1.54) is 11.8 Å². The molecule has 0 saturated carbocycles. The van der Waals surface area contributed by atoms with Crippen LogP contribution in [0.1, 0.15) is 46.0 Å². The van der Waals surface area contributed by atoms with Crippen molar-refractivity contribution in [3.05, 3.63) is 10.3 Å². The summed E-state index contributed by atoms with van der Waals surface area (Å²) in [5.74, 6) is -0.671. The van der Waals surface area contributed by atoms with Crippen LogP contribution in [0.25, 0.3) is 0 Å². The van der Waals surface area contributed by atoms with Gasteiger partial charge in [0, 0.05) is 10.7 Å². The number of unbranched alkanes of at least 4 members (excludes halogenated alkanes) is 3. The fourth-order valence-corrected chi connectivity index (χ4v) is 4.90. The first-order valence-corrected chi connectivity index (χ1v) is 9.81. The third-order valence-electron chi connectivity index (χ3n) is 3.14. The molecule has 0 aromatic rings. The summed E-state index contributed by atoms with van der Waals surface area (Å²) < 4.78 is 17.2. The molecule has 0 aromatic carbocycles. The minimum absolute atomic E-state index is 0.0736. The Balaban J connectivity index is 2.87. The first-order valence-electron chi connectivity index (χ1n) is 7.25. The van der Waals surface area contributed by atoms with Gasteiger partial charge in [-0.05, 0) is 19.8 Å². The SMILES string of the molecule is CCCCCCC1=C(P(=O)(O)OCC)N[C@H](C(=O)O)CS1. The van der Waals surface area contributed by atoms with Crippen molar-refractivity contribution in [2.24, 2.45) is 0 Å². The Kier molecular flexibility index (Phi) is 7.81. The lowest BCUT2D eigenvalue weighted by molar-refractivity contribution is -0.138. The number of hydrogen-bond acceptors (Lipinski definition) is 5. The van der Waals surface area contributed by atoms with Crippen molar-refractivity contribution in [1.29, 1.82) is 0 Å². The van der Waals surface area contributed by atoms with Gasteiger partial charge < -0.3 is 19.8 Å². The van der Waals surface area contributed by atoms with E-state index in [2.05, 4.69) is 12.2 Å². The third-order valence-corrected chi connectivity index (χ3v) is 6.12. The number of rotatable bonds is 9. The molecule has 21 heavy (non-hydrogen) atoms. The largest absolute Gasteiger partial charge is 0.480 e. The van der Waals surface area contributed by atoms with Gasteiger partial charge in [0.15, 0.2) is 0 Å². The van der Waals surface area contributed by atoms with Crippen LogP contribution < -0.4 is 5.32 Å². The fourth-order valence-electron chi connectivity index (χ4n) is 2.05. The van der Waals surface area contributed by atoms with Gasteiger partial charge >= 0.3 is 13.6 Å². The summed E-state index contributed by atoms with van der Waals surface area (Å²) in [7, 11) is -3.97. The molecule has 0 spiro atoms. The number of carbonyl (C=O) groups is 1. The number of allylic oxidation sites excluding steroid dienone is 1. The predicted molar refractivity (Wildman–Crippen MR) is 84.3 cm³/mol. The molecule has 1 heterocycles. The van der Waals surface area contributed by atoms with Crippen LogP contribution in [-0.4, -0.2) is 34.4 Å². The van der Waals surface area contributed by atoms with Crippen LogP contribution in [0.5, 0.6) is 0 Å². The second-order valence-corrected chi connectivity index (χ2v) is 7.73. The van der Waals surface area contributed by atoms with Crippen LogP contribution in [0.4, 0.5) is 0 Å². The Morgan fingerprint density at radius 1 is 1.43 bits per heavy atom. The number of carboxylic acids is 1. The van der Waals surface area contributed by atoms with Gasteiger partial charge in [0.1, 0.15) is 11.5 Å². The molecule has 0 aromatic heterocycles. The molecule has 6 nitrogen and oxygen atoms in total. The summed E-state index contributed by atoms with van der Waals surface area (Å²) in [5, 5.41) is 11.8. The zero-order valence-electron chi connectivity index (χ0n) is 12.5. The summed E-state index contributed by atoms with van der Waals surface area (Å²) in [5.41, 5.74) is 0.0736. The van der Waals surface area contributed by atoms with Crippen molar-refractivity contribution in [3.63, 3.8) is 0 Å². The zero-order valence-corrected chi connectivity index (χ0v) is 14.2. The molecule has 0 radical (unpaired) electrons. The molecular formula is C13H24NO5PS. The summed E-state index contributed by atoms with van der Waals surface area (Å²) >= 11 is 1.34. The van der Waals surface area contributed by atoms with Crippen molar-refractivity contribution >= 4 is 25.3 Å². The van der Waals surface area contributed by atoms with Gasteiger partial charge in [-0.1, -0.05) is 26.2 Å². The molecular weight excluding hydrogens is 313 g/mol. The third kappa shape index (κ3) is 5.66. The van der Waals surface area contributed by atoms with E-state index in [0.29, 0.717) is 12.2 Å². The second-order valence-electron chi connectivity index (χ2n) is 4.87. The van der Waals surface area contributed by atoms with Crippen LogP contribution in [-0.2, 0) is 13.9 Å². The highest BCUT2D eigenvalue weighted by molar-refractivity contribution is 8.03. The molecule has 0 fully saturated rings. The molecule has 0 aliphatic carbocycles. The Labute approximate surface area is 129 Å². The number of nitrogens with one attached hydrogen (secondary N) is 1. The molecule has 1 aliphatic rings. The fraction of sp³-hybridized carbons (Fsp3) is 0.769. The molecule has 0 saturated heterocycles. The lowest BCUT2D eigenvalue weighted by Crippen LogP contribution is -2.41. The number of hydrogen-bond donors (Lipinski definition) is 3. The van der Waals surface area contributed by atoms with E-state index in [9.17, 15) is 14.3 Å². The molecule has 1 unspecified atom stereocenters. The van der Waals surface area contributed by atoms with Gasteiger partial charge in [0.2, 0.25) is 0 Å². The van der Waals surface area contributed by atoms with Crippen molar-refractivity contribution in [3.8, 4) is 0 Å².